The van der Waals surface area contributed by atoms with Crippen molar-refractivity contribution >= 4 is 29.1 Å². The van der Waals surface area contributed by atoms with Gasteiger partial charge in [-0.25, -0.2) is 13.7 Å². The van der Waals surface area contributed by atoms with E-state index in [1.54, 1.807) is 12.1 Å². The van der Waals surface area contributed by atoms with Gasteiger partial charge in [-0.3, -0.25) is 9.61 Å². The quantitative estimate of drug-likeness (QED) is 0.260. The molecule has 6 N–H and O–H groups in total. The smallest absolute Gasteiger partial charge is 0.372 e. The fourth-order valence-electron chi connectivity index (χ4n) is 4.09. The van der Waals surface area contributed by atoms with Crippen LogP contribution in [0.2, 0.25) is 0 Å². The Morgan fingerprint density at radius 2 is 1.61 bits per heavy atom. The van der Waals surface area contributed by atoms with Crippen LogP contribution in [0.15, 0.2) is 24.3 Å². The minimum atomic E-state index is -5.46. The second-order valence-electron chi connectivity index (χ2n) is 8.20. The summed E-state index contributed by atoms with van der Waals surface area (Å²) in [6.07, 6.45) is 6.78. The molecular formula is C18H31N2O10P3. The number of hydrogen-bond acceptors (Lipinski definition) is 8. The second-order valence-corrected chi connectivity index (χ2v) is 12.9. The molecule has 0 radical (unpaired) electrons. The molecule has 15 heteroatoms. The van der Waals surface area contributed by atoms with Crippen LogP contribution in [0, 0.1) is 5.92 Å². The molecular weight excluding hydrogens is 497 g/mol. The first-order valence-corrected chi connectivity index (χ1v) is 15.3. The molecule has 33 heavy (non-hydrogen) atoms. The molecule has 1 saturated carbocycles. The van der Waals surface area contributed by atoms with Gasteiger partial charge in [0.05, 0.1) is 18.8 Å². The Hall–Kier alpha value is -0.610. The number of phosphoric acid groups is 2. The van der Waals surface area contributed by atoms with Gasteiger partial charge in [-0.2, -0.15) is 8.62 Å². The number of nitrogens with one attached hydrogen (secondary N) is 1. The second kappa shape index (κ2) is 11.4. The highest BCUT2D eigenvalue weighted by Gasteiger charge is 2.42. The van der Waals surface area contributed by atoms with Crippen molar-refractivity contribution in [3.8, 4) is 0 Å². The highest BCUT2D eigenvalue weighted by atomic mass is 31.3. The van der Waals surface area contributed by atoms with E-state index in [2.05, 4.69) is 8.62 Å². The molecule has 0 bridgehead atoms. The lowest BCUT2D eigenvalue weighted by atomic mass is 9.84. The summed E-state index contributed by atoms with van der Waals surface area (Å²) in [5.41, 5.74) is 6.31. The molecule has 2 aliphatic rings. The molecule has 1 aliphatic heterocycles. The van der Waals surface area contributed by atoms with Gasteiger partial charge in [-0.15, -0.1) is 0 Å². The first kappa shape index (κ1) is 27.0. The third-order valence-electron chi connectivity index (χ3n) is 5.62. The maximum Gasteiger partial charge on any atom is 0.489 e. The van der Waals surface area contributed by atoms with Crippen molar-refractivity contribution in [1.29, 1.82) is 0 Å². The van der Waals surface area contributed by atoms with Crippen molar-refractivity contribution in [1.82, 2.24) is 0 Å². The lowest BCUT2D eigenvalue weighted by Gasteiger charge is -2.27. The van der Waals surface area contributed by atoms with E-state index in [1.165, 1.54) is 31.4 Å². The van der Waals surface area contributed by atoms with Crippen LogP contribution < -0.4 is 10.8 Å². The molecule has 3 unspecified atom stereocenters. The van der Waals surface area contributed by atoms with Gasteiger partial charge < -0.3 is 25.2 Å². The molecule has 5 atom stereocenters. The van der Waals surface area contributed by atoms with Gasteiger partial charge in [0.1, 0.15) is 0 Å². The Bertz CT molecular complexity index is 925. The molecule has 188 valence electrons. The van der Waals surface area contributed by atoms with Gasteiger partial charge in [-0.1, -0.05) is 31.4 Å². The third-order valence-corrected chi connectivity index (χ3v) is 10.00. The summed E-state index contributed by atoms with van der Waals surface area (Å²) in [6, 6.07) is 5.94. The normalized spacial score (nSPS) is 27.4. The molecule has 1 aliphatic carbocycles. The molecule has 1 aromatic rings. The largest absolute Gasteiger partial charge is 0.489 e. The molecule has 0 aromatic heterocycles. The van der Waals surface area contributed by atoms with Gasteiger partial charge in [0, 0.05) is 12.2 Å². The molecule has 0 spiro atoms. The Labute approximate surface area is 192 Å². The van der Waals surface area contributed by atoms with Crippen LogP contribution >= 0.6 is 23.4 Å². The van der Waals surface area contributed by atoms with E-state index in [-0.39, 0.29) is 24.9 Å². The minimum Gasteiger partial charge on any atom is -0.372 e. The summed E-state index contributed by atoms with van der Waals surface area (Å²) >= 11 is 0. The van der Waals surface area contributed by atoms with Crippen LogP contribution in [-0.4, -0.2) is 33.5 Å². The van der Waals surface area contributed by atoms with Gasteiger partial charge in [0.15, 0.2) is 0 Å². The van der Waals surface area contributed by atoms with E-state index < -0.39 is 29.5 Å². The maximum absolute atomic E-state index is 12.1. The minimum absolute atomic E-state index is 0.0652. The van der Waals surface area contributed by atoms with Crippen molar-refractivity contribution in [3.05, 3.63) is 29.8 Å². The predicted octanol–water partition coefficient (Wildman–Crippen LogP) is 4.04. The number of ether oxygens (including phenoxy) is 1. The fraction of sp³-hybridized carbons (Fsp3) is 0.667. The number of anilines is 1. The topological polar surface area (TPSA) is 187 Å². The molecule has 12 nitrogen and oxygen atoms in total. The van der Waals surface area contributed by atoms with E-state index in [4.69, 9.17) is 15.0 Å². The first-order chi connectivity index (χ1) is 15.5. The zero-order chi connectivity index (χ0) is 24.1. The van der Waals surface area contributed by atoms with Crippen LogP contribution in [0.4, 0.5) is 5.69 Å². The predicted molar refractivity (Wildman–Crippen MR) is 120 cm³/mol. The van der Waals surface area contributed by atoms with Crippen molar-refractivity contribution in [3.63, 3.8) is 0 Å². The third kappa shape index (κ3) is 8.84. The Kier molecular flexibility index (Phi) is 9.34. The molecule has 0 amide bonds. The SMILES string of the molecule is NCc1ccc(NP(=O)(O)OP(=O)(O)OP(=O)(O)OC[C@@H]2CC[C@H](C3CCCCC3)O2)cc1. The summed E-state index contributed by atoms with van der Waals surface area (Å²) in [5.74, 6) is 0.463. The summed E-state index contributed by atoms with van der Waals surface area (Å²) in [5, 5.41) is 2.03. The van der Waals surface area contributed by atoms with Crippen LogP contribution in [0.1, 0.15) is 50.5 Å². The van der Waals surface area contributed by atoms with Gasteiger partial charge in [-0.05, 0) is 49.3 Å². The zero-order valence-corrected chi connectivity index (χ0v) is 20.7. The highest BCUT2D eigenvalue weighted by molar-refractivity contribution is 7.68. The van der Waals surface area contributed by atoms with Crippen LogP contribution in [0.5, 0.6) is 0 Å². The van der Waals surface area contributed by atoms with Crippen LogP contribution in [0.3, 0.4) is 0 Å². The molecule has 1 heterocycles. The molecule has 1 saturated heterocycles. The average Bonchev–Trinajstić information content (AvgIpc) is 3.21. The van der Waals surface area contributed by atoms with Crippen molar-refractivity contribution in [2.24, 2.45) is 11.7 Å². The zero-order valence-electron chi connectivity index (χ0n) is 18.0. The maximum atomic E-state index is 12.1. The van der Waals surface area contributed by atoms with Gasteiger partial charge in [0.2, 0.25) is 0 Å². The van der Waals surface area contributed by atoms with E-state index >= 15 is 0 Å². The highest BCUT2D eigenvalue weighted by Crippen LogP contribution is 2.67. The molecule has 1 aromatic carbocycles. The summed E-state index contributed by atoms with van der Waals surface area (Å²) in [6.45, 7) is -0.0777. The monoisotopic (exact) mass is 528 g/mol. The van der Waals surface area contributed by atoms with E-state index in [0.717, 1.165) is 24.8 Å². The Morgan fingerprint density at radius 1 is 0.939 bits per heavy atom. The molecule has 2 fully saturated rings. The van der Waals surface area contributed by atoms with Crippen LogP contribution in [-0.2, 0) is 38.1 Å². The van der Waals surface area contributed by atoms with Crippen molar-refractivity contribution < 1.29 is 46.3 Å². The standard InChI is InChI=1S/C18H31N2O10P3/c19-12-14-6-8-16(9-7-14)20-31(21,22)29-33(25,26)30-32(23,24)27-13-17-10-11-18(28-17)15-4-2-1-3-5-15/h6-9,15,17-18H,1-5,10-13,19H2,(H,23,24)(H,25,26)(H2,20,21,22)/t17-,18+/m0/s1. The van der Waals surface area contributed by atoms with Gasteiger partial charge in [0.25, 0.3) is 0 Å². The van der Waals surface area contributed by atoms with Crippen LogP contribution in [0.25, 0.3) is 0 Å². The summed E-state index contributed by atoms with van der Waals surface area (Å²) in [7, 11) is -15.5. The molecule has 3 rings (SSSR count). The summed E-state index contributed by atoms with van der Waals surface area (Å²) < 4.78 is 55.4. The van der Waals surface area contributed by atoms with Gasteiger partial charge >= 0.3 is 23.4 Å². The van der Waals surface area contributed by atoms with E-state index in [0.29, 0.717) is 12.3 Å². The number of hydrogen-bond donors (Lipinski definition) is 5. The van der Waals surface area contributed by atoms with E-state index in [1.807, 2.05) is 5.09 Å². The number of rotatable bonds is 11. The Morgan fingerprint density at radius 3 is 2.24 bits per heavy atom. The first-order valence-electron chi connectivity index (χ1n) is 10.8. The van der Waals surface area contributed by atoms with Crippen molar-refractivity contribution in [2.45, 2.75) is 63.7 Å². The summed E-state index contributed by atoms with van der Waals surface area (Å²) in [4.78, 5) is 29.4. The van der Waals surface area contributed by atoms with E-state index in [9.17, 15) is 28.4 Å². The lowest BCUT2D eigenvalue weighted by Crippen LogP contribution is -2.24. The average molecular weight is 528 g/mol. The number of nitrogens with two attached hydrogens (primary N) is 1. The fourth-order valence-corrected chi connectivity index (χ4v) is 7.83. The Balaban J connectivity index is 1.47. The number of phosphoric ester groups is 1. The number of benzene rings is 1. The lowest BCUT2D eigenvalue weighted by molar-refractivity contribution is -0.0215. The van der Waals surface area contributed by atoms with Crippen molar-refractivity contribution in [2.75, 3.05) is 11.7 Å².